The summed E-state index contributed by atoms with van der Waals surface area (Å²) in [6, 6.07) is 0. The molecule has 0 N–H and O–H groups in total. The van der Waals surface area contributed by atoms with Crippen LogP contribution in [0.1, 0.15) is 22.0 Å². The van der Waals surface area contributed by atoms with Crippen molar-refractivity contribution < 1.29 is 4.79 Å². The van der Waals surface area contributed by atoms with Crippen molar-refractivity contribution in [1.29, 1.82) is 0 Å². The number of rotatable bonds is 3. The fourth-order valence-electron chi connectivity index (χ4n) is 2.58. The van der Waals surface area contributed by atoms with Crippen molar-refractivity contribution in [2.24, 2.45) is 0 Å². The number of amides is 1. The molecule has 0 fully saturated rings. The van der Waals surface area contributed by atoms with E-state index in [0.29, 0.717) is 25.3 Å². The van der Waals surface area contributed by atoms with E-state index in [1.54, 1.807) is 26.8 Å². The number of hydrogen-bond donors (Lipinski definition) is 0. The van der Waals surface area contributed by atoms with Gasteiger partial charge in [-0.25, -0.2) is 19.6 Å². The second-order valence-corrected chi connectivity index (χ2v) is 5.73. The lowest BCUT2D eigenvalue weighted by atomic mass is 10.3. The SMILES string of the molecule is O=C(c1cscn1)N1CCn2c(Cn3cncn3)cnc2C1. The average Bonchev–Trinajstić information content (AvgIpc) is 3.29. The van der Waals surface area contributed by atoms with Crippen LogP contribution in [0.3, 0.4) is 0 Å². The van der Waals surface area contributed by atoms with Crippen LogP contribution in [0.4, 0.5) is 0 Å². The molecule has 0 bridgehead atoms. The minimum absolute atomic E-state index is 0.0340. The highest BCUT2D eigenvalue weighted by Crippen LogP contribution is 2.17. The zero-order valence-corrected chi connectivity index (χ0v) is 12.5. The first-order valence-electron chi connectivity index (χ1n) is 6.84. The summed E-state index contributed by atoms with van der Waals surface area (Å²) in [7, 11) is 0. The Kier molecular flexibility index (Phi) is 3.19. The van der Waals surface area contributed by atoms with Crippen LogP contribution >= 0.6 is 11.3 Å². The molecule has 4 heterocycles. The number of nitrogens with zero attached hydrogens (tertiary/aromatic N) is 7. The van der Waals surface area contributed by atoms with Crippen LogP contribution in [0.15, 0.2) is 29.7 Å². The van der Waals surface area contributed by atoms with Gasteiger partial charge < -0.3 is 9.47 Å². The summed E-state index contributed by atoms with van der Waals surface area (Å²) < 4.78 is 3.91. The number of carbonyl (C=O) groups is 1. The molecule has 4 rings (SSSR count). The molecule has 9 heteroatoms. The van der Waals surface area contributed by atoms with Crippen molar-refractivity contribution in [3.63, 3.8) is 0 Å². The monoisotopic (exact) mass is 315 g/mol. The van der Waals surface area contributed by atoms with E-state index in [-0.39, 0.29) is 5.91 Å². The quantitative estimate of drug-likeness (QED) is 0.708. The summed E-state index contributed by atoms with van der Waals surface area (Å²) in [6.07, 6.45) is 5.04. The first kappa shape index (κ1) is 13.1. The molecule has 0 spiro atoms. The van der Waals surface area contributed by atoms with E-state index >= 15 is 0 Å². The van der Waals surface area contributed by atoms with Crippen LogP contribution in [0, 0.1) is 0 Å². The van der Waals surface area contributed by atoms with Crippen molar-refractivity contribution >= 4 is 17.2 Å². The molecule has 3 aromatic heterocycles. The summed E-state index contributed by atoms with van der Waals surface area (Å²) in [5.74, 6) is 0.860. The summed E-state index contributed by atoms with van der Waals surface area (Å²) in [4.78, 5) is 26.6. The molecule has 1 aliphatic heterocycles. The molecule has 0 aromatic carbocycles. The molecule has 1 amide bonds. The van der Waals surface area contributed by atoms with E-state index in [1.807, 2.05) is 6.20 Å². The van der Waals surface area contributed by atoms with E-state index in [2.05, 4.69) is 24.6 Å². The van der Waals surface area contributed by atoms with Gasteiger partial charge in [0.05, 0.1) is 30.5 Å². The Bertz CT molecular complexity index is 778. The Hall–Kier alpha value is -2.55. The minimum atomic E-state index is -0.0340. The van der Waals surface area contributed by atoms with E-state index in [4.69, 9.17) is 0 Å². The third kappa shape index (κ3) is 2.29. The third-order valence-corrected chi connectivity index (χ3v) is 4.26. The molecule has 0 radical (unpaired) electrons. The number of thiazole rings is 1. The fourth-order valence-corrected chi connectivity index (χ4v) is 3.11. The highest BCUT2D eigenvalue weighted by Gasteiger charge is 2.25. The van der Waals surface area contributed by atoms with Crippen LogP contribution in [0.2, 0.25) is 0 Å². The van der Waals surface area contributed by atoms with Crippen LogP contribution in [-0.2, 0) is 19.6 Å². The van der Waals surface area contributed by atoms with E-state index in [1.165, 1.54) is 17.7 Å². The summed E-state index contributed by atoms with van der Waals surface area (Å²) in [5.41, 5.74) is 3.25. The molecule has 1 aliphatic rings. The second-order valence-electron chi connectivity index (χ2n) is 5.01. The van der Waals surface area contributed by atoms with Crippen LogP contribution < -0.4 is 0 Å². The van der Waals surface area contributed by atoms with Gasteiger partial charge in [-0.15, -0.1) is 11.3 Å². The van der Waals surface area contributed by atoms with Gasteiger partial charge >= 0.3 is 0 Å². The van der Waals surface area contributed by atoms with Gasteiger partial charge in [-0.05, 0) is 0 Å². The normalized spacial score (nSPS) is 14.1. The van der Waals surface area contributed by atoms with Gasteiger partial charge in [0.25, 0.3) is 5.91 Å². The number of hydrogen-bond acceptors (Lipinski definition) is 6. The first-order chi connectivity index (χ1) is 10.8. The molecule has 0 unspecified atom stereocenters. The van der Waals surface area contributed by atoms with Crippen molar-refractivity contribution in [2.75, 3.05) is 6.54 Å². The van der Waals surface area contributed by atoms with Crippen LogP contribution in [0.25, 0.3) is 0 Å². The van der Waals surface area contributed by atoms with Crippen LogP contribution in [0.5, 0.6) is 0 Å². The molecule has 0 saturated heterocycles. The molecule has 0 aliphatic carbocycles. The first-order valence-corrected chi connectivity index (χ1v) is 7.78. The minimum Gasteiger partial charge on any atom is -0.328 e. The number of fused-ring (bicyclic) bond motifs is 1. The summed E-state index contributed by atoms with van der Waals surface area (Å²) in [5, 5.41) is 5.89. The molecule has 112 valence electrons. The summed E-state index contributed by atoms with van der Waals surface area (Å²) >= 11 is 1.43. The van der Waals surface area contributed by atoms with E-state index in [0.717, 1.165) is 18.1 Å². The molecule has 3 aromatic rings. The Morgan fingerprint density at radius 3 is 3.05 bits per heavy atom. The molecule has 8 nitrogen and oxygen atoms in total. The largest absolute Gasteiger partial charge is 0.328 e. The Morgan fingerprint density at radius 2 is 2.27 bits per heavy atom. The van der Waals surface area contributed by atoms with Gasteiger partial charge in [0.2, 0.25) is 0 Å². The molecule has 0 saturated carbocycles. The number of aromatic nitrogens is 6. The number of carbonyl (C=O) groups excluding carboxylic acids is 1. The van der Waals surface area contributed by atoms with E-state index < -0.39 is 0 Å². The summed E-state index contributed by atoms with van der Waals surface area (Å²) in [6.45, 7) is 2.53. The topological polar surface area (TPSA) is 81.7 Å². The standard InChI is InChI=1S/C13H13N7OS/c21-13(11-6-22-9-16-11)18-1-2-20-10(3-15-12(20)5-18)4-19-8-14-7-17-19/h3,6-9H,1-2,4-5H2. The van der Waals surface area contributed by atoms with Crippen molar-refractivity contribution in [3.05, 3.63) is 47.0 Å². The maximum atomic E-state index is 12.3. The molecule has 22 heavy (non-hydrogen) atoms. The lowest BCUT2D eigenvalue weighted by Gasteiger charge is -2.28. The Morgan fingerprint density at radius 1 is 1.32 bits per heavy atom. The highest BCUT2D eigenvalue weighted by molar-refractivity contribution is 7.07. The van der Waals surface area contributed by atoms with Gasteiger partial charge in [0.15, 0.2) is 0 Å². The molecular weight excluding hydrogens is 302 g/mol. The molecule has 0 atom stereocenters. The maximum absolute atomic E-state index is 12.3. The highest BCUT2D eigenvalue weighted by atomic mass is 32.1. The van der Waals surface area contributed by atoms with Crippen molar-refractivity contribution in [2.45, 2.75) is 19.6 Å². The van der Waals surface area contributed by atoms with Crippen molar-refractivity contribution in [3.8, 4) is 0 Å². The van der Waals surface area contributed by atoms with Crippen LogP contribution in [-0.4, -0.2) is 46.7 Å². The van der Waals surface area contributed by atoms with Gasteiger partial charge in [-0.1, -0.05) is 0 Å². The number of imidazole rings is 1. The molecular formula is C13H13N7OS. The van der Waals surface area contributed by atoms with Gasteiger partial charge in [-0.2, -0.15) is 5.10 Å². The zero-order chi connectivity index (χ0) is 14.9. The smallest absolute Gasteiger partial charge is 0.273 e. The fraction of sp³-hybridized carbons (Fsp3) is 0.308. The Labute approximate surface area is 130 Å². The predicted molar refractivity (Wildman–Crippen MR) is 78.2 cm³/mol. The van der Waals surface area contributed by atoms with Gasteiger partial charge in [0.1, 0.15) is 24.2 Å². The Balaban J connectivity index is 1.53. The van der Waals surface area contributed by atoms with Crippen molar-refractivity contribution in [1.82, 2.24) is 34.2 Å². The second kappa shape index (κ2) is 5.34. The van der Waals surface area contributed by atoms with Gasteiger partial charge in [-0.3, -0.25) is 4.79 Å². The lowest BCUT2D eigenvalue weighted by molar-refractivity contribution is 0.0701. The zero-order valence-electron chi connectivity index (χ0n) is 11.7. The third-order valence-electron chi connectivity index (χ3n) is 3.68. The predicted octanol–water partition coefficient (Wildman–Crippen LogP) is 0.635. The average molecular weight is 315 g/mol. The van der Waals surface area contributed by atoms with Gasteiger partial charge in [0, 0.05) is 18.5 Å². The maximum Gasteiger partial charge on any atom is 0.273 e. The van der Waals surface area contributed by atoms with E-state index in [9.17, 15) is 4.79 Å². The lowest BCUT2D eigenvalue weighted by Crippen LogP contribution is -2.39.